The average molecular weight is 466 g/mol. The van der Waals surface area contributed by atoms with Gasteiger partial charge in [0.15, 0.2) is 0 Å². The molecule has 0 bridgehead atoms. The van der Waals surface area contributed by atoms with Crippen molar-refractivity contribution in [3.8, 4) is 11.1 Å². The van der Waals surface area contributed by atoms with Gasteiger partial charge in [0.2, 0.25) is 12.4 Å². The first kappa shape index (κ1) is 22.3. The monoisotopic (exact) mass is 465 g/mol. The molecule has 2 aliphatic rings. The Morgan fingerprint density at radius 3 is 2.53 bits per heavy atom. The Hall–Kier alpha value is -3.46. The van der Waals surface area contributed by atoms with Crippen LogP contribution in [-0.4, -0.2) is 51.3 Å². The molecule has 7 nitrogen and oxygen atoms in total. The summed E-state index contributed by atoms with van der Waals surface area (Å²) in [6, 6.07) is 10.4. The molecule has 3 aromatic rings. The van der Waals surface area contributed by atoms with Crippen molar-refractivity contribution in [3.63, 3.8) is 0 Å². The summed E-state index contributed by atoms with van der Waals surface area (Å²) >= 11 is 0. The molecule has 2 N–H and O–H groups in total. The number of benzene rings is 1. The molecule has 0 saturated heterocycles. The molecule has 1 aromatic carbocycles. The molecule has 0 spiro atoms. The normalized spacial score (nSPS) is 25.7. The van der Waals surface area contributed by atoms with Crippen molar-refractivity contribution >= 4 is 18.0 Å². The van der Waals surface area contributed by atoms with Crippen LogP contribution < -0.4 is 10.2 Å². The van der Waals surface area contributed by atoms with Crippen LogP contribution in [0.15, 0.2) is 55.0 Å². The number of anilines is 2. The second-order valence-corrected chi connectivity index (χ2v) is 9.11. The molecular formula is C25H25F2N5O2. The number of rotatable bonds is 8. The van der Waals surface area contributed by atoms with Gasteiger partial charge in [-0.15, -0.1) is 0 Å². The zero-order valence-electron chi connectivity index (χ0n) is 18.4. The Bertz CT molecular complexity index is 1160. The SMILES string of the molecule is O=CN(c1cccc(-c2cnc(NCC3(c4ncccc4F)CC(F)C3)nc2)c1)C1CC(O)C1. The molecule has 0 unspecified atom stereocenters. The highest BCUT2D eigenvalue weighted by Gasteiger charge is 2.48. The van der Waals surface area contributed by atoms with Gasteiger partial charge < -0.3 is 15.3 Å². The summed E-state index contributed by atoms with van der Waals surface area (Å²) in [6.45, 7) is 0.276. The lowest BCUT2D eigenvalue weighted by atomic mass is 9.65. The van der Waals surface area contributed by atoms with Crippen LogP contribution in [0.2, 0.25) is 0 Å². The fourth-order valence-electron chi connectivity index (χ4n) is 4.79. The number of carbonyl (C=O) groups is 1. The number of hydrogen-bond donors (Lipinski definition) is 2. The van der Waals surface area contributed by atoms with Crippen LogP contribution >= 0.6 is 0 Å². The molecule has 2 aromatic heterocycles. The second-order valence-electron chi connectivity index (χ2n) is 9.11. The maximum atomic E-state index is 14.3. The Kier molecular flexibility index (Phi) is 5.95. The fourth-order valence-corrected chi connectivity index (χ4v) is 4.79. The number of carbonyl (C=O) groups excluding carboxylic acids is 1. The topological polar surface area (TPSA) is 91.2 Å². The number of nitrogens with one attached hydrogen (secondary N) is 1. The van der Waals surface area contributed by atoms with Crippen molar-refractivity contribution in [3.05, 3.63) is 66.5 Å². The van der Waals surface area contributed by atoms with E-state index in [0.717, 1.165) is 23.2 Å². The fraction of sp³-hybridized carbons (Fsp3) is 0.360. The molecule has 0 radical (unpaired) electrons. The molecule has 2 saturated carbocycles. The van der Waals surface area contributed by atoms with Gasteiger partial charge in [-0.2, -0.15) is 0 Å². The zero-order chi connectivity index (χ0) is 23.7. The Morgan fingerprint density at radius 2 is 1.88 bits per heavy atom. The predicted molar refractivity (Wildman–Crippen MR) is 124 cm³/mol. The van der Waals surface area contributed by atoms with Crippen molar-refractivity contribution < 1.29 is 18.7 Å². The van der Waals surface area contributed by atoms with Crippen molar-refractivity contribution in [1.29, 1.82) is 0 Å². The van der Waals surface area contributed by atoms with E-state index in [4.69, 9.17) is 0 Å². The van der Waals surface area contributed by atoms with E-state index in [2.05, 4.69) is 20.3 Å². The van der Waals surface area contributed by atoms with E-state index in [0.29, 0.717) is 18.8 Å². The number of halogens is 2. The number of amides is 1. The van der Waals surface area contributed by atoms with E-state index in [1.165, 1.54) is 18.3 Å². The third kappa shape index (κ3) is 4.23. The molecule has 34 heavy (non-hydrogen) atoms. The molecular weight excluding hydrogens is 440 g/mol. The minimum atomic E-state index is -0.979. The van der Waals surface area contributed by atoms with Crippen LogP contribution in [0.1, 0.15) is 31.4 Å². The van der Waals surface area contributed by atoms with Gasteiger partial charge >= 0.3 is 0 Å². The molecule has 176 valence electrons. The molecule has 0 atom stereocenters. The molecule has 2 aliphatic carbocycles. The maximum absolute atomic E-state index is 14.3. The van der Waals surface area contributed by atoms with E-state index < -0.39 is 17.4 Å². The van der Waals surface area contributed by atoms with Gasteiger partial charge in [-0.1, -0.05) is 12.1 Å². The van der Waals surface area contributed by atoms with Crippen LogP contribution in [0.3, 0.4) is 0 Å². The third-order valence-electron chi connectivity index (χ3n) is 6.79. The van der Waals surface area contributed by atoms with Crippen LogP contribution in [0.25, 0.3) is 11.1 Å². The summed E-state index contributed by atoms with van der Waals surface area (Å²) in [5, 5.41) is 12.7. The Morgan fingerprint density at radius 1 is 1.12 bits per heavy atom. The molecule has 2 heterocycles. The first-order valence-corrected chi connectivity index (χ1v) is 11.3. The minimum absolute atomic E-state index is 0.00254. The highest BCUT2D eigenvalue weighted by molar-refractivity contribution is 5.79. The summed E-state index contributed by atoms with van der Waals surface area (Å²) in [4.78, 5) is 26.2. The van der Waals surface area contributed by atoms with Crippen molar-refractivity contribution in [2.75, 3.05) is 16.8 Å². The lowest BCUT2D eigenvalue weighted by Crippen LogP contribution is -2.49. The number of aliphatic hydroxyl groups is 1. The first-order chi connectivity index (χ1) is 16.5. The predicted octanol–water partition coefficient (Wildman–Crippen LogP) is 3.65. The number of aromatic nitrogens is 3. The van der Waals surface area contributed by atoms with Crippen molar-refractivity contribution in [1.82, 2.24) is 15.0 Å². The van der Waals surface area contributed by atoms with E-state index in [-0.39, 0.29) is 37.2 Å². The Balaban J connectivity index is 1.29. The molecule has 0 aliphatic heterocycles. The summed E-state index contributed by atoms with van der Waals surface area (Å²) in [5.74, 6) is -0.0796. The quantitative estimate of drug-likeness (QED) is 0.494. The number of alkyl halides is 1. The molecule has 2 fully saturated rings. The average Bonchev–Trinajstić information content (AvgIpc) is 2.81. The van der Waals surface area contributed by atoms with Gasteiger partial charge in [0.25, 0.3) is 0 Å². The summed E-state index contributed by atoms with van der Waals surface area (Å²) < 4.78 is 28.1. The standard InChI is InChI=1S/C25H25F2N5O2/c26-18-10-25(11-18,23-22(27)5-2-6-28-23)14-31-24-29-12-17(13-30-24)16-3-1-4-19(7-16)32(15-33)20-8-21(34)9-20/h1-7,12-13,15,18,20-21,34H,8-11,14H2,(H,29,30,31). The van der Waals surface area contributed by atoms with Gasteiger partial charge in [0.05, 0.1) is 11.8 Å². The summed E-state index contributed by atoms with van der Waals surface area (Å²) in [5.41, 5.74) is 1.90. The molecule has 1 amide bonds. The maximum Gasteiger partial charge on any atom is 0.222 e. The number of aliphatic hydroxyl groups excluding tert-OH is 1. The van der Waals surface area contributed by atoms with E-state index in [1.54, 1.807) is 17.3 Å². The van der Waals surface area contributed by atoms with Crippen LogP contribution in [0.4, 0.5) is 20.4 Å². The van der Waals surface area contributed by atoms with Gasteiger partial charge in [-0.3, -0.25) is 9.78 Å². The van der Waals surface area contributed by atoms with E-state index in [9.17, 15) is 18.7 Å². The highest BCUT2D eigenvalue weighted by atomic mass is 19.1. The van der Waals surface area contributed by atoms with Crippen LogP contribution in [0.5, 0.6) is 0 Å². The molecule has 5 rings (SSSR count). The highest BCUT2D eigenvalue weighted by Crippen LogP contribution is 2.45. The first-order valence-electron chi connectivity index (χ1n) is 11.3. The van der Waals surface area contributed by atoms with Gasteiger partial charge in [0, 0.05) is 47.8 Å². The lowest BCUT2D eigenvalue weighted by Gasteiger charge is -2.43. The minimum Gasteiger partial charge on any atom is -0.393 e. The second kappa shape index (κ2) is 9.06. The zero-order valence-corrected chi connectivity index (χ0v) is 18.4. The van der Waals surface area contributed by atoms with Gasteiger partial charge in [0.1, 0.15) is 12.0 Å². The van der Waals surface area contributed by atoms with E-state index in [1.807, 2.05) is 24.3 Å². The van der Waals surface area contributed by atoms with E-state index >= 15 is 0 Å². The number of hydrogen-bond acceptors (Lipinski definition) is 6. The van der Waals surface area contributed by atoms with Gasteiger partial charge in [-0.25, -0.2) is 18.7 Å². The van der Waals surface area contributed by atoms with Crippen molar-refractivity contribution in [2.24, 2.45) is 0 Å². The lowest BCUT2D eigenvalue weighted by molar-refractivity contribution is -0.108. The smallest absolute Gasteiger partial charge is 0.222 e. The number of nitrogens with zero attached hydrogens (tertiary/aromatic N) is 4. The van der Waals surface area contributed by atoms with Gasteiger partial charge in [-0.05, 0) is 55.5 Å². The summed E-state index contributed by atoms with van der Waals surface area (Å²) in [7, 11) is 0. The van der Waals surface area contributed by atoms with Crippen LogP contribution in [-0.2, 0) is 10.2 Å². The summed E-state index contributed by atoms with van der Waals surface area (Å²) in [6.07, 6.45) is 5.85. The number of pyridine rings is 1. The Labute approximate surface area is 195 Å². The molecule has 9 heteroatoms. The third-order valence-corrected chi connectivity index (χ3v) is 6.79. The van der Waals surface area contributed by atoms with Crippen LogP contribution in [0, 0.1) is 5.82 Å². The largest absolute Gasteiger partial charge is 0.393 e. The van der Waals surface area contributed by atoms with Crippen molar-refractivity contribution in [2.45, 2.75) is 49.4 Å².